The quantitative estimate of drug-likeness (QED) is 0.302. The normalized spacial score (nSPS) is 12.0. The molecule has 0 fully saturated rings. The van der Waals surface area contributed by atoms with Gasteiger partial charge < -0.3 is 18.8 Å². The van der Waals surface area contributed by atoms with Crippen molar-refractivity contribution in [3.63, 3.8) is 0 Å². The molecule has 37 heavy (non-hydrogen) atoms. The molecular formula is C28H35NO7S. The molecule has 0 aliphatic carbocycles. The Kier molecular flexibility index (Phi) is 11.6. The SMILES string of the molecule is CC(C)(C)OC(=O)NC(O)Cc1ccc(OS(C)(=O)=O)cc1.c1ccc(COCc2ccccc2)cc1. The standard InChI is InChI=1S/C14H21NO6S.C14H14O/c1-14(2,3)20-13(17)15-12(16)9-10-5-7-11(8-6-10)21-22(4,18)19;1-3-7-13(8-4-1)11-15-12-14-9-5-2-6-10-14/h5-8,12,16H,9H2,1-4H3,(H,15,17);1-10H,11-12H2. The van der Waals surface area contributed by atoms with Crippen LogP contribution in [-0.2, 0) is 39.2 Å². The zero-order valence-electron chi connectivity index (χ0n) is 21.6. The van der Waals surface area contributed by atoms with Gasteiger partial charge in [0.2, 0.25) is 0 Å². The van der Waals surface area contributed by atoms with Gasteiger partial charge in [0.15, 0.2) is 0 Å². The molecule has 0 saturated carbocycles. The van der Waals surface area contributed by atoms with Gasteiger partial charge in [0, 0.05) is 6.42 Å². The third-order valence-corrected chi connectivity index (χ3v) is 5.00. The number of hydrogen-bond donors (Lipinski definition) is 2. The molecule has 0 heterocycles. The number of hydrogen-bond acceptors (Lipinski definition) is 7. The Morgan fingerprint density at radius 1 is 0.838 bits per heavy atom. The number of carbonyl (C=O) groups is 1. The monoisotopic (exact) mass is 529 g/mol. The highest BCUT2D eigenvalue weighted by molar-refractivity contribution is 7.86. The molecule has 1 unspecified atom stereocenters. The lowest BCUT2D eigenvalue weighted by Crippen LogP contribution is -2.40. The maximum Gasteiger partial charge on any atom is 0.409 e. The van der Waals surface area contributed by atoms with E-state index in [1.54, 1.807) is 32.9 Å². The van der Waals surface area contributed by atoms with Crippen LogP contribution in [-0.4, -0.2) is 37.7 Å². The van der Waals surface area contributed by atoms with E-state index in [2.05, 4.69) is 29.6 Å². The molecule has 0 aliphatic heterocycles. The molecule has 0 bridgehead atoms. The molecule has 0 saturated heterocycles. The van der Waals surface area contributed by atoms with Crippen LogP contribution in [0.3, 0.4) is 0 Å². The summed E-state index contributed by atoms with van der Waals surface area (Å²) in [7, 11) is -3.57. The minimum absolute atomic E-state index is 0.151. The molecule has 9 heteroatoms. The van der Waals surface area contributed by atoms with Crippen LogP contribution in [0.15, 0.2) is 84.9 Å². The van der Waals surface area contributed by atoms with E-state index >= 15 is 0 Å². The zero-order chi connectivity index (χ0) is 27.3. The van der Waals surface area contributed by atoms with Crippen molar-refractivity contribution in [2.24, 2.45) is 0 Å². The second kappa shape index (κ2) is 14.4. The van der Waals surface area contributed by atoms with Crippen LogP contribution in [0.5, 0.6) is 5.75 Å². The molecule has 0 aromatic heterocycles. The first-order chi connectivity index (χ1) is 17.4. The van der Waals surface area contributed by atoms with Gasteiger partial charge in [0.05, 0.1) is 19.5 Å². The Hall–Kier alpha value is -3.40. The lowest BCUT2D eigenvalue weighted by molar-refractivity contribution is 0.0359. The molecule has 0 radical (unpaired) electrons. The van der Waals surface area contributed by atoms with Crippen molar-refractivity contribution < 1.29 is 32.0 Å². The smallest absolute Gasteiger partial charge is 0.409 e. The van der Waals surface area contributed by atoms with E-state index in [1.165, 1.54) is 23.3 Å². The Morgan fingerprint density at radius 2 is 1.32 bits per heavy atom. The summed E-state index contributed by atoms with van der Waals surface area (Å²) in [5.74, 6) is 0.181. The number of aliphatic hydroxyl groups is 1. The number of carbonyl (C=O) groups excluding carboxylic acids is 1. The predicted octanol–water partition coefficient (Wildman–Crippen LogP) is 4.81. The van der Waals surface area contributed by atoms with Crippen LogP contribution in [0.4, 0.5) is 4.79 Å². The van der Waals surface area contributed by atoms with E-state index < -0.39 is 28.0 Å². The predicted molar refractivity (Wildman–Crippen MR) is 142 cm³/mol. The van der Waals surface area contributed by atoms with Crippen molar-refractivity contribution in [3.8, 4) is 5.75 Å². The number of benzene rings is 3. The van der Waals surface area contributed by atoms with Crippen LogP contribution >= 0.6 is 0 Å². The van der Waals surface area contributed by atoms with E-state index in [4.69, 9.17) is 13.7 Å². The van der Waals surface area contributed by atoms with Gasteiger partial charge in [0.25, 0.3) is 0 Å². The highest BCUT2D eigenvalue weighted by Crippen LogP contribution is 2.15. The van der Waals surface area contributed by atoms with Gasteiger partial charge >= 0.3 is 16.2 Å². The first kappa shape index (κ1) is 29.8. The number of nitrogens with one attached hydrogen (secondary N) is 1. The fraction of sp³-hybridized carbons (Fsp3) is 0.321. The summed E-state index contributed by atoms with van der Waals surface area (Å²) in [5.41, 5.74) is 2.49. The summed E-state index contributed by atoms with van der Waals surface area (Å²) < 4.78 is 37.3. The number of rotatable bonds is 9. The Labute approximate surface area is 219 Å². The maximum atomic E-state index is 11.5. The summed E-state index contributed by atoms with van der Waals surface area (Å²) in [5, 5.41) is 12.1. The molecule has 2 N–H and O–H groups in total. The van der Waals surface area contributed by atoms with E-state index in [1.807, 2.05) is 36.4 Å². The maximum absolute atomic E-state index is 11.5. The minimum atomic E-state index is -3.57. The molecule has 3 aromatic rings. The van der Waals surface area contributed by atoms with Crippen molar-refractivity contribution in [2.45, 2.75) is 52.2 Å². The van der Waals surface area contributed by atoms with Crippen LogP contribution in [0, 0.1) is 0 Å². The average molecular weight is 530 g/mol. The fourth-order valence-corrected chi connectivity index (χ4v) is 3.47. The number of amides is 1. The third kappa shape index (κ3) is 14.1. The molecule has 0 spiro atoms. The number of ether oxygens (including phenoxy) is 2. The topological polar surface area (TPSA) is 111 Å². The first-order valence-electron chi connectivity index (χ1n) is 11.7. The van der Waals surface area contributed by atoms with Crippen molar-refractivity contribution in [3.05, 3.63) is 102 Å². The molecule has 1 atom stereocenters. The van der Waals surface area contributed by atoms with Crippen LogP contribution in [0.1, 0.15) is 37.5 Å². The molecular weight excluding hydrogens is 494 g/mol. The number of aliphatic hydroxyl groups excluding tert-OH is 1. The van der Waals surface area contributed by atoms with Crippen molar-refractivity contribution in [1.82, 2.24) is 5.32 Å². The van der Waals surface area contributed by atoms with Crippen LogP contribution < -0.4 is 9.50 Å². The van der Waals surface area contributed by atoms with Gasteiger partial charge in [-0.15, -0.1) is 0 Å². The molecule has 3 aromatic carbocycles. The summed E-state index contributed by atoms with van der Waals surface area (Å²) in [6.45, 7) is 6.52. The molecule has 0 aliphatic rings. The Balaban J connectivity index is 0.000000278. The average Bonchev–Trinajstić information content (AvgIpc) is 2.80. The second-order valence-electron chi connectivity index (χ2n) is 9.26. The zero-order valence-corrected chi connectivity index (χ0v) is 22.4. The lowest BCUT2D eigenvalue weighted by Gasteiger charge is -2.21. The van der Waals surface area contributed by atoms with E-state index in [0.717, 1.165) is 6.26 Å². The van der Waals surface area contributed by atoms with Gasteiger partial charge in [-0.05, 0) is 49.6 Å². The second-order valence-corrected chi connectivity index (χ2v) is 10.8. The van der Waals surface area contributed by atoms with E-state index in [-0.39, 0.29) is 12.2 Å². The third-order valence-electron chi connectivity index (χ3n) is 4.51. The van der Waals surface area contributed by atoms with Gasteiger partial charge in [-0.3, -0.25) is 5.32 Å². The summed E-state index contributed by atoms with van der Waals surface area (Å²) in [6.07, 6.45) is -0.720. The summed E-state index contributed by atoms with van der Waals surface area (Å²) >= 11 is 0. The first-order valence-corrected chi connectivity index (χ1v) is 13.5. The lowest BCUT2D eigenvalue weighted by atomic mass is 10.1. The van der Waals surface area contributed by atoms with Gasteiger partial charge in [-0.1, -0.05) is 72.8 Å². The van der Waals surface area contributed by atoms with Crippen molar-refractivity contribution >= 4 is 16.2 Å². The van der Waals surface area contributed by atoms with Crippen molar-refractivity contribution in [1.29, 1.82) is 0 Å². The van der Waals surface area contributed by atoms with E-state index in [9.17, 15) is 18.3 Å². The largest absolute Gasteiger partial charge is 0.444 e. The van der Waals surface area contributed by atoms with E-state index in [0.29, 0.717) is 18.8 Å². The Bertz CT molecular complexity index is 1140. The minimum Gasteiger partial charge on any atom is -0.444 e. The van der Waals surface area contributed by atoms with Gasteiger partial charge in [-0.2, -0.15) is 8.42 Å². The van der Waals surface area contributed by atoms with Crippen LogP contribution in [0.2, 0.25) is 0 Å². The van der Waals surface area contributed by atoms with Gasteiger partial charge in [0.1, 0.15) is 17.6 Å². The molecule has 8 nitrogen and oxygen atoms in total. The molecule has 200 valence electrons. The van der Waals surface area contributed by atoms with Crippen molar-refractivity contribution in [2.75, 3.05) is 6.26 Å². The highest BCUT2D eigenvalue weighted by Gasteiger charge is 2.18. The number of alkyl carbamates (subject to hydrolysis) is 1. The highest BCUT2D eigenvalue weighted by atomic mass is 32.2. The van der Waals surface area contributed by atoms with Crippen LogP contribution in [0.25, 0.3) is 0 Å². The molecule has 1 amide bonds. The molecule has 3 rings (SSSR count). The Morgan fingerprint density at radius 3 is 1.76 bits per heavy atom. The fourth-order valence-electron chi connectivity index (χ4n) is 3.01. The summed E-state index contributed by atoms with van der Waals surface area (Å²) in [6, 6.07) is 26.6. The van der Waals surface area contributed by atoms with Gasteiger partial charge in [-0.25, -0.2) is 4.79 Å². The summed E-state index contributed by atoms with van der Waals surface area (Å²) in [4.78, 5) is 11.5.